The highest BCUT2D eigenvalue weighted by Gasteiger charge is 2.25. The van der Waals surface area contributed by atoms with Crippen molar-refractivity contribution in [3.8, 4) is 0 Å². The number of aryl methyl sites for hydroxylation is 2. The average Bonchev–Trinajstić information content (AvgIpc) is 3.38. The summed E-state index contributed by atoms with van der Waals surface area (Å²) in [6.07, 6.45) is 0.888. The number of hydrogen-bond donors (Lipinski definition) is 1. The van der Waals surface area contributed by atoms with Gasteiger partial charge in [-0.3, -0.25) is 9.69 Å². The maximum Gasteiger partial charge on any atom is 0.280 e. The van der Waals surface area contributed by atoms with Crippen LogP contribution in [-0.4, -0.2) is 45.0 Å². The SMILES string of the molecule is Cc1ccc([C@@H](CNC(=O)c2cnn3c(C(F)F)cc(C)nc23)N2CCCC2)cc1. The predicted molar refractivity (Wildman–Crippen MR) is 110 cm³/mol. The molecule has 6 nitrogen and oxygen atoms in total. The number of halogens is 2. The number of aromatic nitrogens is 3. The molecule has 1 amide bonds. The van der Waals surface area contributed by atoms with E-state index in [1.807, 2.05) is 6.92 Å². The van der Waals surface area contributed by atoms with Crippen LogP contribution in [0.4, 0.5) is 8.78 Å². The van der Waals surface area contributed by atoms with Gasteiger partial charge < -0.3 is 5.32 Å². The van der Waals surface area contributed by atoms with Gasteiger partial charge in [-0.2, -0.15) is 5.10 Å². The molecule has 1 aromatic carbocycles. The maximum atomic E-state index is 13.3. The van der Waals surface area contributed by atoms with Gasteiger partial charge in [-0.25, -0.2) is 18.3 Å². The number of carbonyl (C=O) groups excluding carboxylic acids is 1. The van der Waals surface area contributed by atoms with Crippen molar-refractivity contribution in [3.63, 3.8) is 0 Å². The van der Waals surface area contributed by atoms with Crippen LogP contribution in [0.2, 0.25) is 0 Å². The summed E-state index contributed by atoms with van der Waals surface area (Å²) < 4.78 is 27.7. The van der Waals surface area contributed by atoms with Gasteiger partial charge in [0, 0.05) is 12.2 Å². The molecule has 2 aromatic heterocycles. The smallest absolute Gasteiger partial charge is 0.280 e. The van der Waals surface area contributed by atoms with Crippen LogP contribution in [0.5, 0.6) is 0 Å². The third kappa shape index (κ3) is 4.05. The van der Waals surface area contributed by atoms with Crippen LogP contribution in [0.25, 0.3) is 5.65 Å². The molecule has 0 bridgehead atoms. The van der Waals surface area contributed by atoms with E-state index in [-0.39, 0.29) is 28.9 Å². The molecule has 1 aliphatic rings. The number of rotatable bonds is 6. The molecule has 0 radical (unpaired) electrons. The van der Waals surface area contributed by atoms with Crippen molar-refractivity contribution in [2.24, 2.45) is 0 Å². The first kappa shape index (κ1) is 20.4. The number of nitrogens with zero attached hydrogens (tertiary/aromatic N) is 4. The monoisotopic (exact) mass is 413 g/mol. The molecule has 0 saturated carbocycles. The Hall–Kier alpha value is -2.87. The lowest BCUT2D eigenvalue weighted by Crippen LogP contribution is -2.36. The Kier molecular flexibility index (Phi) is 5.76. The Morgan fingerprint density at radius 1 is 1.17 bits per heavy atom. The highest BCUT2D eigenvalue weighted by molar-refractivity contribution is 5.99. The summed E-state index contributed by atoms with van der Waals surface area (Å²) in [5.41, 5.74) is 2.83. The molecule has 1 aliphatic heterocycles. The fourth-order valence-corrected chi connectivity index (χ4v) is 4.01. The summed E-state index contributed by atoms with van der Waals surface area (Å²) in [5.74, 6) is -0.361. The van der Waals surface area contributed by atoms with Gasteiger partial charge in [-0.15, -0.1) is 0 Å². The lowest BCUT2D eigenvalue weighted by molar-refractivity contribution is 0.0939. The summed E-state index contributed by atoms with van der Waals surface area (Å²) >= 11 is 0. The highest BCUT2D eigenvalue weighted by atomic mass is 19.3. The van der Waals surface area contributed by atoms with Gasteiger partial charge in [0.15, 0.2) is 5.65 Å². The van der Waals surface area contributed by atoms with E-state index >= 15 is 0 Å². The molecule has 1 fully saturated rings. The van der Waals surface area contributed by atoms with Crippen LogP contribution in [0, 0.1) is 13.8 Å². The molecular weight excluding hydrogens is 388 g/mol. The van der Waals surface area contributed by atoms with Gasteiger partial charge in [0.05, 0.1) is 12.2 Å². The molecule has 0 spiro atoms. The molecule has 1 N–H and O–H groups in total. The number of likely N-dealkylation sites (tertiary alicyclic amines) is 1. The molecule has 0 aliphatic carbocycles. The molecule has 158 valence electrons. The second-order valence-corrected chi connectivity index (χ2v) is 7.80. The summed E-state index contributed by atoms with van der Waals surface area (Å²) in [6.45, 7) is 6.08. The van der Waals surface area contributed by atoms with Crippen molar-refractivity contribution >= 4 is 11.6 Å². The molecular formula is C22H25F2N5O. The zero-order valence-corrected chi connectivity index (χ0v) is 17.1. The number of benzene rings is 1. The van der Waals surface area contributed by atoms with Crippen molar-refractivity contribution in [2.45, 2.75) is 39.2 Å². The van der Waals surface area contributed by atoms with E-state index in [1.54, 1.807) is 6.92 Å². The Balaban J connectivity index is 1.57. The Morgan fingerprint density at radius 3 is 2.53 bits per heavy atom. The number of nitrogens with one attached hydrogen (secondary N) is 1. The van der Waals surface area contributed by atoms with E-state index in [4.69, 9.17) is 0 Å². The van der Waals surface area contributed by atoms with E-state index in [1.165, 1.54) is 17.8 Å². The van der Waals surface area contributed by atoms with E-state index in [0.717, 1.165) is 36.0 Å². The number of carbonyl (C=O) groups is 1. The summed E-state index contributed by atoms with van der Waals surface area (Å²) in [4.78, 5) is 19.5. The van der Waals surface area contributed by atoms with Gasteiger partial charge in [-0.1, -0.05) is 29.8 Å². The molecule has 0 unspecified atom stereocenters. The minimum Gasteiger partial charge on any atom is -0.350 e. The first-order valence-corrected chi connectivity index (χ1v) is 10.2. The molecule has 8 heteroatoms. The quantitative estimate of drug-likeness (QED) is 0.667. The number of fused-ring (bicyclic) bond motifs is 1. The predicted octanol–water partition coefficient (Wildman–Crippen LogP) is 3.85. The van der Waals surface area contributed by atoms with E-state index in [0.29, 0.717) is 12.2 Å². The van der Waals surface area contributed by atoms with Crippen molar-refractivity contribution in [2.75, 3.05) is 19.6 Å². The zero-order valence-electron chi connectivity index (χ0n) is 17.1. The first-order valence-electron chi connectivity index (χ1n) is 10.2. The maximum absolute atomic E-state index is 13.3. The minimum atomic E-state index is -2.70. The van der Waals surface area contributed by atoms with Crippen LogP contribution < -0.4 is 5.32 Å². The third-order valence-corrected chi connectivity index (χ3v) is 5.60. The second-order valence-electron chi connectivity index (χ2n) is 7.80. The van der Waals surface area contributed by atoms with Crippen LogP contribution >= 0.6 is 0 Å². The highest BCUT2D eigenvalue weighted by Crippen LogP contribution is 2.26. The van der Waals surface area contributed by atoms with Gasteiger partial charge in [0.2, 0.25) is 0 Å². The fraction of sp³-hybridized carbons (Fsp3) is 0.409. The zero-order chi connectivity index (χ0) is 21.3. The molecule has 30 heavy (non-hydrogen) atoms. The van der Waals surface area contributed by atoms with Crippen LogP contribution in [-0.2, 0) is 0 Å². The summed E-state index contributed by atoms with van der Waals surface area (Å²) in [7, 11) is 0. The minimum absolute atomic E-state index is 0.0604. The van der Waals surface area contributed by atoms with Crippen molar-refractivity contribution in [3.05, 3.63) is 64.6 Å². The number of amides is 1. The van der Waals surface area contributed by atoms with Crippen LogP contribution in [0.3, 0.4) is 0 Å². The van der Waals surface area contributed by atoms with Gasteiger partial charge in [0.1, 0.15) is 11.3 Å². The lowest BCUT2D eigenvalue weighted by Gasteiger charge is -2.28. The second kappa shape index (κ2) is 8.47. The van der Waals surface area contributed by atoms with Gasteiger partial charge in [-0.05, 0) is 51.4 Å². The Labute approximate surface area is 173 Å². The third-order valence-electron chi connectivity index (χ3n) is 5.60. The largest absolute Gasteiger partial charge is 0.350 e. The van der Waals surface area contributed by atoms with Crippen LogP contribution in [0.15, 0.2) is 36.5 Å². The summed E-state index contributed by atoms with van der Waals surface area (Å²) in [6, 6.07) is 9.69. The number of alkyl halides is 2. The van der Waals surface area contributed by atoms with Crippen molar-refractivity contribution in [1.82, 2.24) is 24.8 Å². The van der Waals surface area contributed by atoms with Crippen molar-refractivity contribution < 1.29 is 13.6 Å². The first-order chi connectivity index (χ1) is 14.4. The molecule has 1 saturated heterocycles. The molecule has 4 rings (SSSR count). The van der Waals surface area contributed by atoms with Gasteiger partial charge in [0.25, 0.3) is 12.3 Å². The van der Waals surface area contributed by atoms with Crippen molar-refractivity contribution in [1.29, 1.82) is 0 Å². The molecule has 1 atom stereocenters. The van der Waals surface area contributed by atoms with E-state index < -0.39 is 6.43 Å². The molecule has 3 heterocycles. The van der Waals surface area contributed by atoms with Crippen LogP contribution in [0.1, 0.15) is 58.2 Å². The van der Waals surface area contributed by atoms with E-state index in [9.17, 15) is 13.6 Å². The molecule has 3 aromatic rings. The van der Waals surface area contributed by atoms with Gasteiger partial charge >= 0.3 is 0 Å². The standard InChI is InChI=1S/C22H25F2N5O/c1-14-5-7-16(8-6-14)19(28-9-3-4-10-28)13-25-22(30)17-12-26-29-18(20(23)24)11-15(2)27-21(17)29/h5-8,11-12,19-20H,3-4,9-10,13H2,1-2H3,(H,25,30)/t19-/m1/s1. The normalized spacial score (nSPS) is 15.8. The summed E-state index contributed by atoms with van der Waals surface area (Å²) in [5, 5.41) is 6.95. The average molecular weight is 413 g/mol. The fourth-order valence-electron chi connectivity index (χ4n) is 4.01. The number of hydrogen-bond acceptors (Lipinski definition) is 4. The Bertz CT molecular complexity index is 1040. The van der Waals surface area contributed by atoms with E-state index in [2.05, 4.69) is 44.6 Å². The topological polar surface area (TPSA) is 62.5 Å². The Morgan fingerprint density at radius 2 is 1.87 bits per heavy atom. The lowest BCUT2D eigenvalue weighted by atomic mass is 10.0.